The normalized spacial score (nSPS) is 16.7. The number of amides is 1. The van der Waals surface area contributed by atoms with Crippen LogP contribution in [0.15, 0.2) is 24.3 Å². The van der Waals surface area contributed by atoms with Crippen LogP contribution in [-0.4, -0.2) is 41.7 Å². The number of nitriles is 1. The van der Waals surface area contributed by atoms with Crippen LogP contribution in [0, 0.1) is 17.2 Å². The highest BCUT2D eigenvalue weighted by Gasteiger charge is 2.32. The Balaban J connectivity index is 1.87. The van der Waals surface area contributed by atoms with E-state index in [1.807, 2.05) is 6.07 Å². The van der Waals surface area contributed by atoms with Crippen LogP contribution in [0.4, 0.5) is 0 Å². The van der Waals surface area contributed by atoms with E-state index in [1.165, 1.54) is 4.90 Å². The molecule has 0 aliphatic heterocycles. The lowest BCUT2D eigenvalue weighted by atomic mass is 10.2. The predicted octanol–water partition coefficient (Wildman–Crippen LogP) is 1.55. The number of carbonyl (C=O) groups is 1. The van der Waals surface area contributed by atoms with Crippen molar-refractivity contribution in [3.63, 3.8) is 0 Å². The summed E-state index contributed by atoms with van der Waals surface area (Å²) < 4.78 is 5.57. The molecule has 2 unspecified atom stereocenters. The van der Waals surface area contributed by atoms with E-state index in [0.717, 1.165) is 12.8 Å². The minimum atomic E-state index is -0.630. The van der Waals surface area contributed by atoms with Gasteiger partial charge in [-0.2, -0.15) is 5.26 Å². The second kappa shape index (κ2) is 6.59. The van der Waals surface area contributed by atoms with Gasteiger partial charge in [-0.15, -0.1) is 0 Å². The average Bonchev–Trinajstić information content (AvgIpc) is 3.31. The Bertz CT molecular complexity index is 531. The summed E-state index contributed by atoms with van der Waals surface area (Å²) in [6.45, 7) is 2.02. The maximum absolute atomic E-state index is 12.2. The van der Waals surface area contributed by atoms with Crippen molar-refractivity contribution in [1.82, 2.24) is 4.90 Å². The highest BCUT2D eigenvalue weighted by molar-refractivity contribution is 5.80. The zero-order valence-electron chi connectivity index (χ0n) is 12.3. The zero-order valence-corrected chi connectivity index (χ0v) is 12.3. The predicted molar refractivity (Wildman–Crippen MR) is 77.6 cm³/mol. The largest absolute Gasteiger partial charge is 0.481 e. The van der Waals surface area contributed by atoms with E-state index in [4.69, 9.17) is 10.00 Å². The highest BCUT2D eigenvalue weighted by atomic mass is 16.5. The molecule has 0 bridgehead atoms. The minimum Gasteiger partial charge on any atom is -0.481 e. The fraction of sp³-hybridized carbons (Fsp3) is 0.500. The van der Waals surface area contributed by atoms with Gasteiger partial charge >= 0.3 is 0 Å². The van der Waals surface area contributed by atoms with E-state index in [-0.39, 0.29) is 5.91 Å². The summed E-state index contributed by atoms with van der Waals surface area (Å²) in [7, 11) is 1.67. The molecule has 1 saturated carbocycles. The Hall–Kier alpha value is -2.06. The quantitative estimate of drug-likeness (QED) is 0.862. The molecule has 112 valence electrons. The van der Waals surface area contributed by atoms with Crippen LogP contribution in [0.5, 0.6) is 5.75 Å². The van der Waals surface area contributed by atoms with E-state index in [2.05, 4.69) is 0 Å². The van der Waals surface area contributed by atoms with Crippen molar-refractivity contribution in [3.8, 4) is 11.8 Å². The van der Waals surface area contributed by atoms with Gasteiger partial charge in [0.25, 0.3) is 5.91 Å². The van der Waals surface area contributed by atoms with Gasteiger partial charge in [-0.3, -0.25) is 4.79 Å². The van der Waals surface area contributed by atoms with Gasteiger partial charge in [0.1, 0.15) is 5.75 Å². The third-order valence-corrected chi connectivity index (χ3v) is 3.65. The number of hydrogen-bond acceptors (Lipinski definition) is 4. The van der Waals surface area contributed by atoms with Crippen molar-refractivity contribution < 1.29 is 14.6 Å². The first-order valence-corrected chi connectivity index (χ1v) is 7.11. The van der Waals surface area contributed by atoms with Gasteiger partial charge in [0.15, 0.2) is 6.10 Å². The van der Waals surface area contributed by atoms with Gasteiger partial charge < -0.3 is 14.7 Å². The number of aliphatic hydroxyl groups excluding tert-OH is 1. The van der Waals surface area contributed by atoms with Crippen LogP contribution in [-0.2, 0) is 4.79 Å². The van der Waals surface area contributed by atoms with Crippen molar-refractivity contribution in [2.45, 2.75) is 32.0 Å². The number of likely N-dealkylation sites (N-methyl/N-ethyl adjacent to an activating group) is 1. The maximum Gasteiger partial charge on any atom is 0.263 e. The number of benzene rings is 1. The SMILES string of the molecule is CC(Oc1ccc(C#N)cc1)C(=O)N(C)CC(O)C1CC1. The van der Waals surface area contributed by atoms with Crippen molar-refractivity contribution in [3.05, 3.63) is 29.8 Å². The molecule has 1 N–H and O–H groups in total. The number of hydrogen-bond donors (Lipinski definition) is 1. The van der Waals surface area contributed by atoms with Gasteiger partial charge in [-0.25, -0.2) is 0 Å². The Morgan fingerprint density at radius 2 is 2.10 bits per heavy atom. The van der Waals surface area contributed by atoms with Crippen LogP contribution < -0.4 is 4.74 Å². The molecule has 1 aromatic carbocycles. The van der Waals surface area contributed by atoms with Crippen LogP contribution in [0.1, 0.15) is 25.3 Å². The fourth-order valence-corrected chi connectivity index (χ4v) is 2.17. The van der Waals surface area contributed by atoms with Crippen LogP contribution >= 0.6 is 0 Å². The molecule has 1 aliphatic carbocycles. The summed E-state index contributed by atoms with van der Waals surface area (Å²) in [6, 6.07) is 8.66. The molecular weight excluding hydrogens is 268 g/mol. The van der Waals surface area contributed by atoms with Crippen LogP contribution in [0.2, 0.25) is 0 Å². The first kappa shape index (κ1) is 15.3. The molecule has 0 aromatic heterocycles. The Morgan fingerprint density at radius 1 is 1.48 bits per heavy atom. The molecule has 5 nitrogen and oxygen atoms in total. The topological polar surface area (TPSA) is 73.6 Å². The van der Waals surface area contributed by atoms with Crippen molar-refractivity contribution >= 4 is 5.91 Å². The average molecular weight is 288 g/mol. The molecule has 0 radical (unpaired) electrons. The molecule has 0 spiro atoms. The second-order valence-electron chi connectivity index (χ2n) is 5.52. The summed E-state index contributed by atoms with van der Waals surface area (Å²) in [5, 5.41) is 18.6. The Labute approximate surface area is 124 Å². The van der Waals surface area contributed by atoms with E-state index in [0.29, 0.717) is 23.8 Å². The number of aliphatic hydroxyl groups is 1. The molecule has 0 saturated heterocycles. The molecule has 2 rings (SSSR count). The first-order chi connectivity index (χ1) is 10.0. The molecule has 1 amide bonds. The lowest BCUT2D eigenvalue weighted by Crippen LogP contribution is -2.42. The first-order valence-electron chi connectivity index (χ1n) is 7.11. The van der Waals surface area contributed by atoms with Gasteiger partial charge in [0.05, 0.1) is 17.7 Å². The van der Waals surface area contributed by atoms with E-state index >= 15 is 0 Å². The summed E-state index contributed by atoms with van der Waals surface area (Å²) in [5.74, 6) is 0.722. The highest BCUT2D eigenvalue weighted by Crippen LogP contribution is 2.32. The standard InChI is InChI=1S/C16H20N2O3/c1-11(21-14-7-3-12(9-17)4-8-14)16(20)18(2)10-15(19)13-5-6-13/h3-4,7-8,11,13,15,19H,5-6,10H2,1-2H3. The fourth-order valence-electron chi connectivity index (χ4n) is 2.17. The summed E-state index contributed by atoms with van der Waals surface area (Å²) in [6.07, 6.45) is 1.01. The summed E-state index contributed by atoms with van der Waals surface area (Å²) >= 11 is 0. The summed E-state index contributed by atoms with van der Waals surface area (Å²) in [4.78, 5) is 13.7. The second-order valence-corrected chi connectivity index (χ2v) is 5.52. The number of nitrogens with zero attached hydrogens (tertiary/aromatic N) is 2. The molecule has 1 fully saturated rings. The van der Waals surface area contributed by atoms with Crippen LogP contribution in [0.3, 0.4) is 0 Å². The molecule has 2 atom stereocenters. The van der Waals surface area contributed by atoms with E-state index < -0.39 is 12.2 Å². The maximum atomic E-state index is 12.2. The Morgan fingerprint density at radius 3 is 2.62 bits per heavy atom. The monoisotopic (exact) mass is 288 g/mol. The number of carbonyl (C=O) groups excluding carboxylic acids is 1. The third-order valence-electron chi connectivity index (χ3n) is 3.65. The molecule has 1 aliphatic rings. The van der Waals surface area contributed by atoms with E-state index in [9.17, 15) is 9.90 Å². The summed E-state index contributed by atoms with van der Waals surface area (Å²) in [5.41, 5.74) is 0.547. The third kappa shape index (κ3) is 4.20. The minimum absolute atomic E-state index is 0.168. The molecule has 21 heavy (non-hydrogen) atoms. The number of ether oxygens (including phenoxy) is 1. The van der Waals surface area contributed by atoms with Crippen molar-refractivity contribution in [2.75, 3.05) is 13.6 Å². The van der Waals surface area contributed by atoms with Gasteiger partial charge in [-0.05, 0) is 49.9 Å². The van der Waals surface area contributed by atoms with Gasteiger partial charge in [0.2, 0.25) is 0 Å². The zero-order chi connectivity index (χ0) is 15.4. The molecule has 0 heterocycles. The number of rotatable bonds is 6. The van der Waals surface area contributed by atoms with Gasteiger partial charge in [0, 0.05) is 13.6 Å². The van der Waals surface area contributed by atoms with Crippen molar-refractivity contribution in [2.24, 2.45) is 5.92 Å². The smallest absolute Gasteiger partial charge is 0.263 e. The molecular formula is C16H20N2O3. The molecule has 1 aromatic rings. The lowest BCUT2D eigenvalue weighted by molar-refractivity contribution is -0.138. The lowest BCUT2D eigenvalue weighted by Gasteiger charge is -2.24. The molecule has 5 heteroatoms. The van der Waals surface area contributed by atoms with Crippen LogP contribution in [0.25, 0.3) is 0 Å². The van der Waals surface area contributed by atoms with Crippen molar-refractivity contribution in [1.29, 1.82) is 5.26 Å². The van der Waals surface area contributed by atoms with E-state index in [1.54, 1.807) is 38.2 Å². The Kier molecular flexibility index (Phi) is 4.81. The van der Waals surface area contributed by atoms with Gasteiger partial charge in [-0.1, -0.05) is 0 Å².